The van der Waals surface area contributed by atoms with E-state index in [1.807, 2.05) is 0 Å². The lowest BCUT2D eigenvalue weighted by Gasteiger charge is -2.19. The molecule has 1 aromatic carbocycles. The quantitative estimate of drug-likeness (QED) is 0.854. The molecule has 1 atom stereocenters. The summed E-state index contributed by atoms with van der Waals surface area (Å²) < 4.78 is 15.2. The molecule has 0 saturated heterocycles. The molecule has 5 nitrogen and oxygen atoms in total. The molecule has 0 aromatic heterocycles. The Morgan fingerprint density at radius 3 is 2.80 bits per heavy atom. The van der Waals surface area contributed by atoms with Gasteiger partial charge in [0.2, 0.25) is 0 Å². The molecule has 1 unspecified atom stereocenters. The van der Waals surface area contributed by atoms with Gasteiger partial charge >= 0.3 is 5.97 Å². The summed E-state index contributed by atoms with van der Waals surface area (Å²) in [4.78, 5) is 11.3. The molecule has 0 fully saturated rings. The molecule has 1 aliphatic rings. The highest BCUT2D eigenvalue weighted by Gasteiger charge is 2.19. The molecule has 20 heavy (non-hydrogen) atoms. The van der Waals surface area contributed by atoms with Gasteiger partial charge in [0.15, 0.2) is 11.5 Å². The lowest BCUT2D eigenvalue weighted by molar-refractivity contribution is -0.142. The van der Waals surface area contributed by atoms with Crippen molar-refractivity contribution in [2.24, 2.45) is 0 Å². The number of methoxy groups -OCH3 is 2. The first-order valence-electron chi connectivity index (χ1n) is 6.12. The minimum absolute atomic E-state index is 0.0627. The third kappa shape index (κ3) is 3.32. The monoisotopic (exact) mass is 276 g/mol. The first-order valence-corrected chi connectivity index (χ1v) is 6.12. The van der Waals surface area contributed by atoms with Crippen LogP contribution in [0.3, 0.4) is 0 Å². The van der Waals surface area contributed by atoms with Crippen LogP contribution in [-0.2, 0) is 14.3 Å². The van der Waals surface area contributed by atoms with Crippen LogP contribution >= 0.6 is 0 Å². The van der Waals surface area contributed by atoms with E-state index in [2.05, 4.69) is 0 Å². The number of rotatable bonds is 4. The summed E-state index contributed by atoms with van der Waals surface area (Å²) in [6.45, 7) is 0. The molecule has 1 N–H and O–H groups in total. The highest BCUT2D eigenvalue weighted by atomic mass is 16.5. The molecule has 5 heteroatoms. The number of hydrogen-bond acceptors (Lipinski definition) is 5. The van der Waals surface area contributed by atoms with Crippen LogP contribution < -0.4 is 4.74 Å². The Labute approximate surface area is 117 Å². The standard InChI is InChI=1S/C15H16O5/c1-18-12-8-11(20-15(17)9-12)5-3-10-4-6-14(19-2)13(16)7-10/h3-7,9,11,16H,8H2,1-2H3/b5-3+. The van der Waals surface area contributed by atoms with Crippen LogP contribution in [0, 0.1) is 0 Å². The fourth-order valence-corrected chi connectivity index (χ4v) is 1.89. The highest BCUT2D eigenvalue weighted by molar-refractivity contribution is 5.83. The molecule has 1 aliphatic heterocycles. The van der Waals surface area contributed by atoms with Crippen LogP contribution in [0.25, 0.3) is 6.08 Å². The number of cyclic esters (lactones) is 1. The van der Waals surface area contributed by atoms with Crippen molar-refractivity contribution in [2.45, 2.75) is 12.5 Å². The Morgan fingerprint density at radius 2 is 2.15 bits per heavy atom. The zero-order chi connectivity index (χ0) is 14.5. The fourth-order valence-electron chi connectivity index (χ4n) is 1.89. The van der Waals surface area contributed by atoms with Crippen molar-refractivity contribution in [3.05, 3.63) is 41.7 Å². The van der Waals surface area contributed by atoms with Crippen LogP contribution in [0.1, 0.15) is 12.0 Å². The van der Waals surface area contributed by atoms with Crippen LogP contribution in [-0.4, -0.2) is 31.4 Å². The Morgan fingerprint density at radius 1 is 1.35 bits per heavy atom. The Kier molecular flexibility index (Phi) is 4.30. The van der Waals surface area contributed by atoms with Gasteiger partial charge in [-0.15, -0.1) is 0 Å². The van der Waals surface area contributed by atoms with Gasteiger partial charge in [-0.1, -0.05) is 12.1 Å². The molecule has 0 amide bonds. The molecule has 0 aliphatic carbocycles. The molecule has 0 radical (unpaired) electrons. The SMILES string of the molecule is COC1=CC(=O)OC(/C=C/c2ccc(OC)c(O)c2)C1. The predicted molar refractivity (Wildman–Crippen MR) is 73.3 cm³/mol. The van der Waals surface area contributed by atoms with E-state index >= 15 is 0 Å². The number of aromatic hydroxyl groups is 1. The number of ether oxygens (including phenoxy) is 3. The number of carbonyl (C=O) groups excluding carboxylic acids is 1. The molecular weight excluding hydrogens is 260 g/mol. The van der Waals surface area contributed by atoms with Gasteiger partial charge in [0.05, 0.1) is 20.3 Å². The number of carbonyl (C=O) groups is 1. The minimum Gasteiger partial charge on any atom is -0.504 e. The third-order valence-electron chi connectivity index (χ3n) is 2.92. The van der Waals surface area contributed by atoms with E-state index in [4.69, 9.17) is 14.2 Å². The maximum absolute atomic E-state index is 11.3. The largest absolute Gasteiger partial charge is 0.504 e. The van der Waals surface area contributed by atoms with Crippen LogP contribution in [0.15, 0.2) is 36.1 Å². The average molecular weight is 276 g/mol. The second-order valence-corrected chi connectivity index (χ2v) is 4.28. The highest BCUT2D eigenvalue weighted by Crippen LogP contribution is 2.27. The van der Waals surface area contributed by atoms with Gasteiger partial charge in [0, 0.05) is 6.42 Å². The van der Waals surface area contributed by atoms with Crippen molar-refractivity contribution in [1.82, 2.24) is 0 Å². The Bertz CT molecular complexity index is 559. The van der Waals surface area contributed by atoms with Gasteiger partial charge in [-0.05, 0) is 23.8 Å². The number of benzene rings is 1. The molecule has 1 aromatic rings. The molecule has 0 saturated carbocycles. The molecule has 1 heterocycles. The zero-order valence-electron chi connectivity index (χ0n) is 11.3. The van der Waals surface area contributed by atoms with Crippen LogP contribution in [0.5, 0.6) is 11.5 Å². The lowest BCUT2D eigenvalue weighted by atomic mass is 10.1. The van der Waals surface area contributed by atoms with Crippen molar-refractivity contribution in [3.8, 4) is 11.5 Å². The maximum Gasteiger partial charge on any atom is 0.334 e. The summed E-state index contributed by atoms with van der Waals surface area (Å²) in [6.07, 6.45) is 5.00. The number of phenolic OH excluding ortho intramolecular Hbond substituents is 1. The van der Waals surface area contributed by atoms with Crippen molar-refractivity contribution < 1.29 is 24.1 Å². The van der Waals surface area contributed by atoms with Gasteiger partial charge in [-0.2, -0.15) is 0 Å². The van der Waals surface area contributed by atoms with E-state index in [1.54, 1.807) is 30.4 Å². The van der Waals surface area contributed by atoms with Gasteiger partial charge < -0.3 is 19.3 Å². The van der Waals surface area contributed by atoms with E-state index in [9.17, 15) is 9.90 Å². The molecule has 2 rings (SSSR count). The zero-order valence-corrected chi connectivity index (χ0v) is 11.3. The van der Waals surface area contributed by atoms with Gasteiger partial charge in [-0.3, -0.25) is 0 Å². The second kappa shape index (κ2) is 6.14. The first kappa shape index (κ1) is 14.0. The van der Waals surface area contributed by atoms with E-state index in [0.29, 0.717) is 17.9 Å². The van der Waals surface area contributed by atoms with Gasteiger partial charge in [-0.25, -0.2) is 4.79 Å². The Hall–Kier alpha value is -2.43. The molecule has 0 bridgehead atoms. The van der Waals surface area contributed by atoms with Gasteiger partial charge in [0.1, 0.15) is 11.9 Å². The fraction of sp³-hybridized carbons (Fsp3) is 0.267. The summed E-state index contributed by atoms with van der Waals surface area (Å²) in [6, 6.07) is 5.04. The van der Waals surface area contributed by atoms with Crippen molar-refractivity contribution in [1.29, 1.82) is 0 Å². The topological polar surface area (TPSA) is 65.0 Å². The molecule has 0 spiro atoms. The average Bonchev–Trinajstić information content (AvgIpc) is 2.44. The summed E-state index contributed by atoms with van der Waals surface area (Å²) in [5.74, 6) is 0.650. The third-order valence-corrected chi connectivity index (χ3v) is 2.92. The van der Waals surface area contributed by atoms with Crippen LogP contribution in [0.2, 0.25) is 0 Å². The number of esters is 1. The summed E-state index contributed by atoms with van der Waals surface area (Å²) in [5.41, 5.74) is 0.785. The first-order chi connectivity index (χ1) is 9.62. The molecular formula is C15H16O5. The predicted octanol–water partition coefficient (Wildman–Crippen LogP) is 2.26. The number of phenols is 1. The number of hydrogen-bond donors (Lipinski definition) is 1. The lowest BCUT2D eigenvalue weighted by Crippen LogP contribution is -2.21. The van der Waals surface area contributed by atoms with E-state index in [-0.39, 0.29) is 11.9 Å². The van der Waals surface area contributed by atoms with Crippen molar-refractivity contribution in [3.63, 3.8) is 0 Å². The normalized spacial score (nSPS) is 18.6. The van der Waals surface area contributed by atoms with Crippen molar-refractivity contribution >= 4 is 12.0 Å². The summed E-state index contributed by atoms with van der Waals surface area (Å²) in [7, 11) is 3.01. The van der Waals surface area contributed by atoms with E-state index in [1.165, 1.54) is 20.3 Å². The summed E-state index contributed by atoms with van der Waals surface area (Å²) in [5, 5.41) is 9.68. The van der Waals surface area contributed by atoms with Gasteiger partial charge in [0.25, 0.3) is 0 Å². The summed E-state index contributed by atoms with van der Waals surface area (Å²) >= 11 is 0. The maximum atomic E-state index is 11.3. The Balaban J connectivity index is 2.08. The second-order valence-electron chi connectivity index (χ2n) is 4.28. The van der Waals surface area contributed by atoms with Crippen molar-refractivity contribution in [2.75, 3.05) is 14.2 Å². The smallest absolute Gasteiger partial charge is 0.334 e. The molecule has 106 valence electrons. The van der Waals surface area contributed by atoms with Crippen LogP contribution in [0.4, 0.5) is 0 Å². The minimum atomic E-state index is -0.416. The van der Waals surface area contributed by atoms with E-state index in [0.717, 1.165) is 5.56 Å². The van der Waals surface area contributed by atoms with E-state index < -0.39 is 5.97 Å².